The molecule has 0 aliphatic rings. The Morgan fingerprint density at radius 1 is 1.38 bits per heavy atom. The van der Waals surface area contributed by atoms with Gasteiger partial charge in [-0.3, -0.25) is 0 Å². The lowest BCUT2D eigenvalue weighted by Crippen LogP contribution is -2.10. The smallest absolute Gasteiger partial charge is 0.450 e. The van der Waals surface area contributed by atoms with Crippen molar-refractivity contribution in [3.63, 3.8) is 0 Å². The van der Waals surface area contributed by atoms with Crippen LogP contribution in [0.4, 0.5) is 4.79 Å². The minimum absolute atomic E-state index is 0.174. The highest BCUT2D eigenvalue weighted by atomic mass is 16.7. The van der Waals surface area contributed by atoms with Crippen LogP contribution >= 0.6 is 0 Å². The van der Waals surface area contributed by atoms with E-state index in [1.165, 1.54) is 0 Å². The van der Waals surface area contributed by atoms with Gasteiger partial charge in [-0.1, -0.05) is 13.8 Å². The molecule has 0 aromatic rings. The summed E-state index contributed by atoms with van der Waals surface area (Å²) in [5, 5.41) is 7.99. The van der Waals surface area contributed by atoms with E-state index in [0.29, 0.717) is 6.42 Å². The van der Waals surface area contributed by atoms with E-state index in [2.05, 4.69) is 4.74 Å². The van der Waals surface area contributed by atoms with Crippen LogP contribution in [0, 0.1) is 0 Å². The molecule has 0 aromatic carbocycles. The van der Waals surface area contributed by atoms with Gasteiger partial charge in [0.1, 0.15) is 11.9 Å². The summed E-state index contributed by atoms with van der Waals surface area (Å²) >= 11 is 0. The first kappa shape index (κ1) is 14.5. The van der Waals surface area contributed by atoms with Gasteiger partial charge < -0.3 is 14.6 Å². The van der Waals surface area contributed by atoms with Gasteiger partial charge in [0, 0.05) is 6.42 Å². The second kappa shape index (κ2) is 9.03. The Kier molecular flexibility index (Phi) is 10.0. The van der Waals surface area contributed by atoms with Crippen LogP contribution in [0.25, 0.3) is 0 Å². The Labute approximate surface area is 78.9 Å². The largest absolute Gasteiger partial charge is 0.506 e. The van der Waals surface area contributed by atoms with E-state index in [-0.39, 0.29) is 11.9 Å². The molecule has 4 nitrogen and oxygen atoms in total. The molecule has 0 heterocycles. The van der Waals surface area contributed by atoms with Crippen LogP contribution < -0.4 is 0 Å². The van der Waals surface area contributed by atoms with Gasteiger partial charge in [0.15, 0.2) is 0 Å². The van der Waals surface area contributed by atoms with Gasteiger partial charge in [0.05, 0.1) is 0 Å². The minimum atomic E-state index is -1.20. The third-order valence-electron chi connectivity index (χ3n) is 1.37. The van der Waals surface area contributed by atoms with E-state index in [9.17, 15) is 9.59 Å². The van der Waals surface area contributed by atoms with Crippen molar-refractivity contribution < 1.29 is 19.4 Å². The predicted molar refractivity (Wildman–Crippen MR) is 49.8 cm³/mol. The number of carbonyl (C=O) groups excluding carboxylic acids is 1. The molecule has 4 heteroatoms. The zero-order valence-electron chi connectivity index (χ0n) is 8.66. The molecule has 0 saturated carbocycles. The summed E-state index contributed by atoms with van der Waals surface area (Å²) in [4.78, 5) is 19.6. The fraction of sp³-hybridized carbons (Fsp3) is 0.778. The van der Waals surface area contributed by atoms with Gasteiger partial charge >= 0.3 is 6.16 Å². The van der Waals surface area contributed by atoms with Crippen molar-refractivity contribution >= 4 is 11.9 Å². The monoisotopic (exact) mass is 190 g/mol. The Morgan fingerprint density at radius 3 is 1.85 bits per heavy atom. The molecule has 0 bridgehead atoms. The highest BCUT2D eigenvalue weighted by Crippen LogP contribution is 1.94. The van der Waals surface area contributed by atoms with Crippen molar-refractivity contribution in [3.8, 4) is 0 Å². The average Bonchev–Trinajstić information content (AvgIpc) is 2.04. The summed E-state index contributed by atoms with van der Waals surface area (Å²) in [7, 11) is 0. The summed E-state index contributed by atoms with van der Waals surface area (Å²) < 4.78 is 4.32. The molecule has 0 aliphatic heterocycles. The molecule has 0 aliphatic carbocycles. The standard InChI is InChI=1S/C5H10O3.C4H8O/c1-3-4(2)8-5(6)7;1-3-4(2)5/h4H,3H2,1-2H3,(H,6,7);3H2,1-2H3. The molecule has 0 fully saturated rings. The number of ether oxygens (including phenoxy) is 1. The minimum Gasteiger partial charge on any atom is -0.450 e. The van der Waals surface area contributed by atoms with Crippen LogP contribution in [0.15, 0.2) is 0 Å². The zero-order chi connectivity index (χ0) is 10.9. The molecular formula is C9H18O4. The summed E-state index contributed by atoms with van der Waals surface area (Å²) in [6.07, 6.45) is 0.0265. The highest BCUT2D eigenvalue weighted by Gasteiger charge is 2.01. The third kappa shape index (κ3) is 18.2. The van der Waals surface area contributed by atoms with Crippen LogP contribution in [0.1, 0.15) is 40.5 Å². The SMILES string of the molecule is CCC(C)=O.CCC(C)OC(=O)O. The zero-order valence-corrected chi connectivity index (χ0v) is 8.66. The quantitative estimate of drug-likeness (QED) is 0.694. The molecule has 1 N–H and O–H groups in total. The molecule has 0 radical (unpaired) electrons. The maximum absolute atomic E-state index is 9.81. The van der Waals surface area contributed by atoms with Crippen LogP contribution in [0.3, 0.4) is 0 Å². The number of ketones is 1. The Hall–Kier alpha value is -1.06. The van der Waals surface area contributed by atoms with Crippen molar-refractivity contribution in [2.75, 3.05) is 0 Å². The maximum Gasteiger partial charge on any atom is 0.506 e. The molecule has 0 spiro atoms. The second-order valence-electron chi connectivity index (χ2n) is 2.66. The van der Waals surface area contributed by atoms with Gasteiger partial charge in [-0.25, -0.2) is 4.79 Å². The lowest BCUT2D eigenvalue weighted by molar-refractivity contribution is -0.116. The first-order valence-electron chi connectivity index (χ1n) is 4.33. The predicted octanol–water partition coefficient (Wildman–Crippen LogP) is 2.46. The molecule has 0 saturated heterocycles. The van der Waals surface area contributed by atoms with Crippen molar-refractivity contribution in [1.82, 2.24) is 0 Å². The van der Waals surface area contributed by atoms with Crippen LogP contribution in [-0.4, -0.2) is 23.1 Å². The number of rotatable bonds is 3. The van der Waals surface area contributed by atoms with E-state index in [0.717, 1.165) is 6.42 Å². The molecule has 78 valence electrons. The molecule has 0 aromatic heterocycles. The molecule has 0 amide bonds. The van der Waals surface area contributed by atoms with E-state index < -0.39 is 6.16 Å². The highest BCUT2D eigenvalue weighted by molar-refractivity contribution is 5.74. The van der Waals surface area contributed by atoms with Crippen molar-refractivity contribution in [3.05, 3.63) is 0 Å². The van der Waals surface area contributed by atoms with Gasteiger partial charge in [0.25, 0.3) is 0 Å². The van der Waals surface area contributed by atoms with Gasteiger partial charge in [-0.15, -0.1) is 0 Å². The molecule has 13 heavy (non-hydrogen) atoms. The van der Waals surface area contributed by atoms with Crippen molar-refractivity contribution in [2.24, 2.45) is 0 Å². The average molecular weight is 190 g/mol. The van der Waals surface area contributed by atoms with Crippen molar-refractivity contribution in [1.29, 1.82) is 0 Å². The Balaban J connectivity index is 0. The summed E-state index contributed by atoms with van der Waals surface area (Å²) in [5.74, 6) is 0.255. The molecule has 1 unspecified atom stereocenters. The fourth-order valence-electron chi connectivity index (χ4n) is 0.255. The van der Waals surface area contributed by atoms with Gasteiger partial charge in [-0.2, -0.15) is 0 Å². The van der Waals surface area contributed by atoms with E-state index in [1.807, 2.05) is 13.8 Å². The number of Topliss-reactive ketones (excluding diaryl/α,β-unsaturated/α-hetero) is 1. The fourth-order valence-corrected chi connectivity index (χ4v) is 0.255. The summed E-state index contributed by atoms with van der Waals surface area (Å²) in [6.45, 7) is 7.02. The second-order valence-corrected chi connectivity index (χ2v) is 2.66. The molecule has 0 rings (SSSR count). The maximum atomic E-state index is 9.81. The van der Waals surface area contributed by atoms with Gasteiger partial charge in [0.2, 0.25) is 0 Å². The number of carbonyl (C=O) groups is 2. The Morgan fingerprint density at radius 2 is 1.77 bits per heavy atom. The van der Waals surface area contributed by atoms with Crippen LogP contribution in [0.5, 0.6) is 0 Å². The number of carboxylic acid groups (broad SMARTS) is 1. The van der Waals surface area contributed by atoms with E-state index in [4.69, 9.17) is 5.11 Å². The topological polar surface area (TPSA) is 63.6 Å². The first-order chi connectivity index (χ1) is 5.93. The van der Waals surface area contributed by atoms with Gasteiger partial charge in [-0.05, 0) is 20.3 Å². The summed E-state index contributed by atoms with van der Waals surface area (Å²) in [6, 6.07) is 0. The van der Waals surface area contributed by atoms with Crippen LogP contribution in [-0.2, 0) is 9.53 Å². The van der Waals surface area contributed by atoms with E-state index in [1.54, 1.807) is 13.8 Å². The van der Waals surface area contributed by atoms with Crippen molar-refractivity contribution in [2.45, 2.75) is 46.6 Å². The third-order valence-corrected chi connectivity index (χ3v) is 1.37. The Bertz CT molecular complexity index is 154. The number of hydrogen-bond donors (Lipinski definition) is 1. The first-order valence-corrected chi connectivity index (χ1v) is 4.33. The lowest BCUT2D eigenvalue weighted by Gasteiger charge is -2.04. The summed E-state index contributed by atoms with van der Waals surface area (Å²) in [5.41, 5.74) is 0. The lowest BCUT2D eigenvalue weighted by atomic mass is 10.3. The van der Waals surface area contributed by atoms with E-state index >= 15 is 0 Å². The van der Waals surface area contributed by atoms with Crippen LogP contribution in [0.2, 0.25) is 0 Å². The normalized spacial score (nSPS) is 10.8. The molecular weight excluding hydrogens is 172 g/mol. The molecule has 1 atom stereocenters. The number of hydrogen-bond acceptors (Lipinski definition) is 3.